The number of non-ortho nitro benzene ring substituents is 1. The van der Waals surface area contributed by atoms with Crippen LogP contribution in [0.2, 0.25) is 0 Å². The summed E-state index contributed by atoms with van der Waals surface area (Å²) >= 11 is 0. The number of hydrogen-bond acceptors (Lipinski definition) is 7. The molecule has 0 spiro atoms. The van der Waals surface area contributed by atoms with Crippen LogP contribution in [0.5, 0.6) is 0 Å². The zero-order valence-electron chi connectivity index (χ0n) is 18.8. The molecule has 0 radical (unpaired) electrons. The molecule has 1 saturated heterocycles. The van der Waals surface area contributed by atoms with E-state index in [1.54, 1.807) is 26.8 Å². The normalized spacial score (nSPS) is 16.2. The Balaban J connectivity index is 0.000000227. The minimum absolute atomic E-state index is 0.0282. The topological polar surface area (TPSA) is 152 Å². The quantitative estimate of drug-likeness (QED) is 0.503. The van der Waals surface area contributed by atoms with Gasteiger partial charge in [-0.25, -0.2) is 4.79 Å². The van der Waals surface area contributed by atoms with Gasteiger partial charge in [-0.3, -0.25) is 14.9 Å². The van der Waals surface area contributed by atoms with Crippen molar-refractivity contribution in [2.75, 3.05) is 18.0 Å². The number of nitro benzene ring substituents is 1. The molecule has 0 bridgehead atoms. The summed E-state index contributed by atoms with van der Waals surface area (Å²) < 4.78 is 5.06. The number of anilines is 1. The van der Waals surface area contributed by atoms with E-state index in [2.05, 4.69) is 10.2 Å². The highest BCUT2D eigenvalue weighted by atomic mass is 16.6. The Labute approximate surface area is 187 Å². The van der Waals surface area contributed by atoms with Crippen LogP contribution in [0.15, 0.2) is 18.2 Å². The molecule has 10 heteroatoms. The van der Waals surface area contributed by atoms with Crippen molar-refractivity contribution in [3.63, 3.8) is 0 Å². The number of rotatable bonds is 6. The van der Waals surface area contributed by atoms with E-state index in [9.17, 15) is 19.7 Å². The Morgan fingerprint density at radius 2 is 1.97 bits per heavy atom. The van der Waals surface area contributed by atoms with Crippen molar-refractivity contribution < 1.29 is 19.2 Å². The fourth-order valence-electron chi connectivity index (χ4n) is 3.34. The largest absolute Gasteiger partial charge is 0.444 e. The molecule has 1 aliphatic heterocycles. The van der Waals surface area contributed by atoms with Crippen LogP contribution in [0, 0.1) is 27.4 Å². The molecule has 3 N–H and O–H groups in total. The smallest absolute Gasteiger partial charge is 0.408 e. The molecule has 1 aromatic carbocycles. The SMILES string of the molecule is CC(C)(C)OC(=O)N[C@@H](CC1CC1)C(N)=O.N#Cc1cc([N+](=O)[O-])ccc1N1CCCC1. The molecule has 174 valence electrons. The molecule has 32 heavy (non-hydrogen) atoms. The molecule has 1 heterocycles. The van der Waals surface area contributed by atoms with Crippen LogP contribution in [0.25, 0.3) is 0 Å². The standard InChI is InChI=1S/C11H11N3O2.C11H20N2O3/c12-8-9-7-10(14(15)16)3-4-11(9)13-5-1-2-6-13;1-11(2,3)16-10(15)13-8(9(12)14)6-7-4-5-7/h3-4,7H,1-2,5-6H2;7-8H,4-6H2,1-3H3,(H2,12,14)(H,13,15)/t;8-/m.0/s1. The number of nitrogens with zero attached hydrogens (tertiary/aromatic N) is 3. The first-order valence-corrected chi connectivity index (χ1v) is 10.7. The van der Waals surface area contributed by atoms with Gasteiger partial charge < -0.3 is 20.7 Å². The number of carbonyl (C=O) groups excluding carboxylic acids is 2. The Hall–Kier alpha value is -3.35. The van der Waals surface area contributed by atoms with Gasteiger partial charge in [-0.15, -0.1) is 0 Å². The summed E-state index contributed by atoms with van der Waals surface area (Å²) in [6.45, 7) is 7.16. The first-order chi connectivity index (χ1) is 15.0. The van der Waals surface area contributed by atoms with E-state index in [-0.39, 0.29) is 5.69 Å². The number of nitriles is 1. The highest BCUT2D eigenvalue weighted by molar-refractivity contribution is 5.84. The average Bonchev–Trinajstić information content (AvgIpc) is 3.35. The third-order valence-corrected chi connectivity index (χ3v) is 5.06. The lowest BCUT2D eigenvalue weighted by Gasteiger charge is -2.22. The van der Waals surface area contributed by atoms with Crippen LogP contribution < -0.4 is 16.0 Å². The minimum atomic E-state index is -0.609. The highest BCUT2D eigenvalue weighted by Crippen LogP contribution is 2.33. The maximum Gasteiger partial charge on any atom is 0.408 e. The summed E-state index contributed by atoms with van der Waals surface area (Å²) in [6.07, 6.45) is 4.48. The van der Waals surface area contributed by atoms with E-state index in [1.807, 2.05) is 6.07 Å². The maximum atomic E-state index is 11.4. The van der Waals surface area contributed by atoms with E-state index in [0.29, 0.717) is 17.9 Å². The van der Waals surface area contributed by atoms with Gasteiger partial charge in [-0.1, -0.05) is 12.8 Å². The van der Waals surface area contributed by atoms with Gasteiger partial charge in [0.1, 0.15) is 17.7 Å². The second kappa shape index (κ2) is 10.8. The number of carbonyl (C=O) groups is 2. The number of nitrogens with two attached hydrogens (primary N) is 1. The summed E-state index contributed by atoms with van der Waals surface area (Å²) in [7, 11) is 0. The van der Waals surface area contributed by atoms with Gasteiger partial charge in [-0.2, -0.15) is 5.26 Å². The summed E-state index contributed by atoms with van der Waals surface area (Å²) in [4.78, 5) is 34.8. The van der Waals surface area contributed by atoms with Gasteiger partial charge in [0.25, 0.3) is 5.69 Å². The number of nitro groups is 1. The number of amides is 2. The molecule has 1 aliphatic carbocycles. The highest BCUT2D eigenvalue weighted by Gasteiger charge is 2.30. The number of primary amides is 1. The molecule has 0 aromatic heterocycles. The van der Waals surface area contributed by atoms with Gasteiger partial charge in [-0.05, 0) is 52.0 Å². The van der Waals surface area contributed by atoms with Crippen molar-refractivity contribution in [2.24, 2.45) is 11.7 Å². The molecule has 10 nitrogen and oxygen atoms in total. The second-order valence-corrected chi connectivity index (χ2v) is 9.04. The van der Waals surface area contributed by atoms with E-state index < -0.39 is 28.6 Å². The first kappa shape index (κ1) is 24.9. The number of hydrogen-bond donors (Lipinski definition) is 2. The zero-order valence-corrected chi connectivity index (χ0v) is 18.8. The Morgan fingerprint density at radius 3 is 2.44 bits per heavy atom. The fraction of sp³-hybridized carbons (Fsp3) is 0.591. The molecular formula is C22H31N5O5. The van der Waals surface area contributed by atoms with Crippen LogP contribution in [-0.4, -0.2) is 41.7 Å². The minimum Gasteiger partial charge on any atom is -0.444 e. The van der Waals surface area contributed by atoms with Crippen molar-refractivity contribution in [3.05, 3.63) is 33.9 Å². The molecule has 1 aromatic rings. The summed E-state index contributed by atoms with van der Waals surface area (Å²) in [5.74, 6) is 0.0187. The maximum absolute atomic E-state index is 11.4. The van der Waals surface area contributed by atoms with E-state index >= 15 is 0 Å². The van der Waals surface area contributed by atoms with Crippen molar-refractivity contribution >= 4 is 23.4 Å². The Kier molecular flexibility index (Phi) is 8.41. The molecule has 2 amide bonds. The van der Waals surface area contributed by atoms with E-state index in [0.717, 1.165) is 44.5 Å². The molecule has 0 unspecified atom stereocenters. The molecule has 2 aliphatic rings. The number of ether oxygens (including phenoxy) is 1. The lowest BCUT2D eigenvalue weighted by molar-refractivity contribution is -0.384. The Morgan fingerprint density at radius 1 is 1.34 bits per heavy atom. The first-order valence-electron chi connectivity index (χ1n) is 10.7. The second-order valence-electron chi connectivity index (χ2n) is 9.04. The molecule has 1 saturated carbocycles. The van der Waals surface area contributed by atoms with Crippen molar-refractivity contribution in [3.8, 4) is 6.07 Å². The van der Waals surface area contributed by atoms with Crippen molar-refractivity contribution in [1.82, 2.24) is 5.32 Å². The molecule has 1 atom stereocenters. The molecule has 2 fully saturated rings. The Bertz CT molecular complexity index is 880. The van der Waals surface area contributed by atoms with Crippen LogP contribution in [0.3, 0.4) is 0 Å². The van der Waals surface area contributed by atoms with Gasteiger partial charge in [0.05, 0.1) is 16.2 Å². The van der Waals surface area contributed by atoms with Gasteiger partial charge in [0.15, 0.2) is 0 Å². The predicted molar refractivity (Wildman–Crippen MR) is 119 cm³/mol. The van der Waals surface area contributed by atoms with Crippen LogP contribution in [-0.2, 0) is 9.53 Å². The predicted octanol–water partition coefficient (Wildman–Crippen LogP) is 3.23. The monoisotopic (exact) mass is 445 g/mol. The zero-order chi connectivity index (χ0) is 23.9. The van der Waals surface area contributed by atoms with Crippen molar-refractivity contribution in [1.29, 1.82) is 5.26 Å². The van der Waals surface area contributed by atoms with Crippen LogP contribution in [0.1, 0.15) is 58.4 Å². The molecular weight excluding hydrogens is 414 g/mol. The summed E-state index contributed by atoms with van der Waals surface area (Å²) in [5, 5.41) is 22.1. The van der Waals surface area contributed by atoms with Crippen molar-refractivity contribution in [2.45, 2.75) is 64.5 Å². The van der Waals surface area contributed by atoms with Crippen LogP contribution in [0.4, 0.5) is 16.2 Å². The van der Waals surface area contributed by atoms with Gasteiger partial charge in [0, 0.05) is 25.2 Å². The number of nitrogens with one attached hydrogen (secondary N) is 1. The number of alkyl carbamates (subject to hydrolysis) is 1. The third kappa shape index (κ3) is 8.06. The van der Waals surface area contributed by atoms with E-state index in [1.165, 1.54) is 12.1 Å². The summed E-state index contributed by atoms with van der Waals surface area (Å²) in [6, 6.07) is 5.88. The average molecular weight is 446 g/mol. The third-order valence-electron chi connectivity index (χ3n) is 5.06. The number of benzene rings is 1. The lowest BCUT2D eigenvalue weighted by Crippen LogP contribution is -2.46. The van der Waals surface area contributed by atoms with Gasteiger partial charge in [0.2, 0.25) is 5.91 Å². The van der Waals surface area contributed by atoms with Crippen LogP contribution >= 0.6 is 0 Å². The van der Waals surface area contributed by atoms with E-state index in [4.69, 9.17) is 15.7 Å². The fourth-order valence-corrected chi connectivity index (χ4v) is 3.34. The lowest BCUT2D eigenvalue weighted by atomic mass is 10.1. The van der Waals surface area contributed by atoms with Gasteiger partial charge >= 0.3 is 6.09 Å². The molecule has 3 rings (SSSR count). The summed E-state index contributed by atoms with van der Waals surface area (Å²) in [5.41, 5.74) is 5.82.